The SMILES string of the molecule is CCC1CN(c2ccc(C)c(Br)c2)C(C(C)C)CN1. The highest BCUT2D eigenvalue weighted by Gasteiger charge is 2.29. The Morgan fingerprint density at radius 3 is 2.74 bits per heavy atom. The van der Waals surface area contributed by atoms with Crippen LogP contribution in [0.5, 0.6) is 0 Å². The molecular formula is C16H25BrN2. The molecule has 1 aliphatic rings. The summed E-state index contributed by atoms with van der Waals surface area (Å²) in [6, 6.07) is 7.92. The largest absolute Gasteiger partial charge is 0.365 e. The molecule has 2 rings (SSSR count). The van der Waals surface area contributed by atoms with Crippen LogP contribution in [-0.2, 0) is 0 Å². The third-order valence-electron chi connectivity index (χ3n) is 4.18. The smallest absolute Gasteiger partial charge is 0.0438 e. The first-order valence-corrected chi connectivity index (χ1v) is 8.08. The molecule has 1 aromatic carbocycles. The molecule has 1 heterocycles. The van der Waals surface area contributed by atoms with Crippen LogP contribution < -0.4 is 10.2 Å². The van der Waals surface area contributed by atoms with Crippen LogP contribution in [0.4, 0.5) is 5.69 Å². The first-order chi connectivity index (χ1) is 9.02. The molecular weight excluding hydrogens is 300 g/mol. The van der Waals surface area contributed by atoms with Gasteiger partial charge in [-0.1, -0.05) is 42.8 Å². The van der Waals surface area contributed by atoms with Gasteiger partial charge in [0.15, 0.2) is 0 Å². The second kappa shape index (κ2) is 6.27. The molecule has 1 aromatic rings. The van der Waals surface area contributed by atoms with Crippen molar-refractivity contribution in [3.8, 4) is 0 Å². The van der Waals surface area contributed by atoms with Gasteiger partial charge in [-0.15, -0.1) is 0 Å². The number of piperazine rings is 1. The van der Waals surface area contributed by atoms with Crippen LogP contribution >= 0.6 is 15.9 Å². The zero-order chi connectivity index (χ0) is 14.0. The van der Waals surface area contributed by atoms with Crippen LogP contribution in [0.2, 0.25) is 0 Å². The summed E-state index contributed by atoms with van der Waals surface area (Å²) < 4.78 is 1.21. The fourth-order valence-corrected chi connectivity index (χ4v) is 3.13. The summed E-state index contributed by atoms with van der Waals surface area (Å²) in [4.78, 5) is 2.58. The van der Waals surface area contributed by atoms with Crippen molar-refractivity contribution in [2.75, 3.05) is 18.0 Å². The summed E-state index contributed by atoms with van der Waals surface area (Å²) in [5.74, 6) is 0.658. The Morgan fingerprint density at radius 1 is 1.42 bits per heavy atom. The van der Waals surface area contributed by atoms with Gasteiger partial charge >= 0.3 is 0 Å². The van der Waals surface area contributed by atoms with E-state index in [2.05, 4.69) is 72.0 Å². The molecule has 106 valence electrons. The molecule has 19 heavy (non-hydrogen) atoms. The highest BCUT2D eigenvalue weighted by Crippen LogP contribution is 2.28. The van der Waals surface area contributed by atoms with Crippen LogP contribution in [0.3, 0.4) is 0 Å². The van der Waals surface area contributed by atoms with Crippen LogP contribution in [-0.4, -0.2) is 25.2 Å². The first kappa shape index (κ1) is 14.9. The quantitative estimate of drug-likeness (QED) is 0.905. The van der Waals surface area contributed by atoms with Crippen LogP contribution in [0.15, 0.2) is 22.7 Å². The maximum absolute atomic E-state index is 3.67. The summed E-state index contributed by atoms with van der Waals surface area (Å²) in [6.07, 6.45) is 1.19. The third kappa shape index (κ3) is 3.32. The molecule has 1 N–H and O–H groups in total. The van der Waals surface area contributed by atoms with Gasteiger partial charge in [-0.25, -0.2) is 0 Å². The van der Waals surface area contributed by atoms with Crippen LogP contribution in [0, 0.1) is 12.8 Å². The van der Waals surface area contributed by atoms with Crippen molar-refractivity contribution < 1.29 is 0 Å². The molecule has 0 bridgehead atoms. The standard InChI is InChI=1S/C16H25BrN2/c1-5-13-10-19(16(9-18-13)11(2)3)14-7-6-12(4)15(17)8-14/h6-8,11,13,16,18H,5,9-10H2,1-4H3. The van der Waals surface area contributed by atoms with E-state index in [0.717, 1.165) is 13.1 Å². The van der Waals surface area contributed by atoms with Crippen molar-refractivity contribution in [1.82, 2.24) is 5.32 Å². The topological polar surface area (TPSA) is 15.3 Å². The molecule has 0 aliphatic carbocycles. The number of nitrogens with one attached hydrogen (secondary N) is 1. The molecule has 1 saturated heterocycles. The Morgan fingerprint density at radius 2 is 2.16 bits per heavy atom. The fourth-order valence-electron chi connectivity index (χ4n) is 2.76. The van der Waals surface area contributed by atoms with Gasteiger partial charge in [-0.2, -0.15) is 0 Å². The Bertz CT molecular complexity index is 431. The highest BCUT2D eigenvalue weighted by atomic mass is 79.9. The van der Waals surface area contributed by atoms with E-state index in [1.165, 1.54) is 22.1 Å². The number of nitrogens with zero attached hydrogens (tertiary/aromatic N) is 1. The van der Waals surface area contributed by atoms with E-state index in [-0.39, 0.29) is 0 Å². The van der Waals surface area contributed by atoms with Gasteiger partial charge in [0.2, 0.25) is 0 Å². The van der Waals surface area contributed by atoms with Crippen molar-refractivity contribution in [3.63, 3.8) is 0 Å². The number of benzene rings is 1. The van der Waals surface area contributed by atoms with Crippen molar-refractivity contribution in [2.24, 2.45) is 5.92 Å². The zero-order valence-electron chi connectivity index (χ0n) is 12.4. The van der Waals surface area contributed by atoms with Gasteiger partial charge in [0.1, 0.15) is 0 Å². The van der Waals surface area contributed by atoms with Gasteiger partial charge in [-0.3, -0.25) is 0 Å². The van der Waals surface area contributed by atoms with Gasteiger partial charge in [0.25, 0.3) is 0 Å². The van der Waals surface area contributed by atoms with Crippen LogP contribution in [0.1, 0.15) is 32.8 Å². The van der Waals surface area contributed by atoms with Gasteiger partial charge in [0.05, 0.1) is 0 Å². The number of anilines is 1. The predicted molar refractivity (Wildman–Crippen MR) is 86.9 cm³/mol. The average molecular weight is 325 g/mol. The molecule has 1 aliphatic heterocycles. The number of halogens is 1. The number of aryl methyl sites for hydroxylation is 1. The van der Waals surface area contributed by atoms with Gasteiger partial charge < -0.3 is 10.2 Å². The molecule has 1 fully saturated rings. The van der Waals surface area contributed by atoms with E-state index in [0.29, 0.717) is 18.0 Å². The molecule has 3 heteroatoms. The summed E-state index contributed by atoms with van der Waals surface area (Å²) in [5.41, 5.74) is 2.64. The number of hydrogen-bond acceptors (Lipinski definition) is 2. The van der Waals surface area contributed by atoms with Crippen molar-refractivity contribution in [1.29, 1.82) is 0 Å². The molecule has 0 aromatic heterocycles. The monoisotopic (exact) mass is 324 g/mol. The van der Waals surface area contributed by atoms with Crippen molar-refractivity contribution in [2.45, 2.75) is 46.2 Å². The molecule has 0 radical (unpaired) electrons. The lowest BCUT2D eigenvalue weighted by atomic mass is 9.96. The lowest BCUT2D eigenvalue weighted by Crippen LogP contribution is -2.58. The molecule has 0 amide bonds. The van der Waals surface area contributed by atoms with Gasteiger partial charge in [0, 0.05) is 35.3 Å². The van der Waals surface area contributed by atoms with Crippen molar-refractivity contribution in [3.05, 3.63) is 28.2 Å². The Hall–Kier alpha value is -0.540. The Kier molecular flexibility index (Phi) is 4.91. The fraction of sp³-hybridized carbons (Fsp3) is 0.625. The summed E-state index contributed by atoms with van der Waals surface area (Å²) in [7, 11) is 0. The third-order valence-corrected chi connectivity index (χ3v) is 5.04. The number of rotatable bonds is 3. The normalized spacial score (nSPS) is 24.0. The maximum Gasteiger partial charge on any atom is 0.0438 e. The van der Waals surface area contributed by atoms with E-state index in [4.69, 9.17) is 0 Å². The van der Waals surface area contributed by atoms with Crippen molar-refractivity contribution >= 4 is 21.6 Å². The maximum atomic E-state index is 3.67. The second-order valence-electron chi connectivity index (χ2n) is 5.91. The predicted octanol–water partition coefficient (Wildman–Crippen LogP) is 3.97. The molecule has 2 unspecified atom stereocenters. The van der Waals surface area contributed by atoms with E-state index >= 15 is 0 Å². The summed E-state index contributed by atoms with van der Waals surface area (Å²) in [5, 5.41) is 3.67. The Labute approximate surface area is 125 Å². The highest BCUT2D eigenvalue weighted by molar-refractivity contribution is 9.10. The lowest BCUT2D eigenvalue weighted by molar-refractivity contribution is 0.333. The first-order valence-electron chi connectivity index (χ1n) is 7.29. The van der Waals surface area contributed by atoms with E-state index in [9.17, 15) is 0 Å². The molecule has 0 spiro atoms. The zero-order valence-corrected chi connectivity index (χ0v) is 14.0. The molecule has 0 saturated carbocycles. The van der Waals surface area contributed by atoms with E-state index in [1.807, 2.05) is 0 Å². The molecule has 2 nitrogen and oxygen atoms in total. The summed E-state index contributed by atoms with van der Waals surface area (Å²) in [6.45, 7) is 11.2. The van der Waals surface area contributed by atoms with Gasteiger partial charge in [-0.05, 0) is 37.0 Å². The lowest BCUT2D eigenvalue weighted by Gasteiger charge is -2.44. The van der Waals surface area contributed by atoms with Crippen LogP contribution in [0.25, 0.3) is 0 Å². The van der Waals surface area contributed by atoms with E-state index in [1.54, 1.807) is 0 Å². The summed E-state index contributed by atoms with van der Waals surface area (Å²) >= 11 is 3.66. The minimum atomic E-state index is 0.581. The minimum Gasteiger partial charge on any atom is -0.365 e. The second-order valence-corrected chi connectivity index (χ2v) is 6.76. The number of hydrogen-bond donors (Lipinski definition) is 1. The minimum absolute atomic E-state index is 0.581. The Balaban J connectivity index is 2.27. The van der Waals surface area contributed by atoms with E-state index < -0.39 is 0 Å². The average Bonchev–Trinajstić information content (AvgIpc) is 2.41. The molecule has 2 atom stereocenters.